The summed E-state index contributed by atoms with van der Waals surface area (Å²) in [4.78, 5) is 104. The Morgan fingerprint density at radius 2 is 1.58 bits per heavy atom. The number of nitrogens with one attached hydrogen (secondary N) is 4. The second-order valence-electron chi connectivity index (χ2n) is 18.9. The molecule has 1 aromatic heterocycles. The number of aliphatic hydroxyl groups is 3. The van der Waals surface area contributed by atoms with Gasteiger partial charge >= 0.3 is 6.09 Å². The SMILES string of the molecule is CC(C)(C)OC(=O)NC[C@@H](C(=O)NCCC(=O)Nc1cc(C[n+]2cccc(/C=C/C(=O)NCCCCC3CCN(C(=O)c4ccccc4)CC3)c2)ccc1O[C@@H]1O[C@H](OC=O)[C@@H](O)[C@H](O)[C@H]1O)N1C(=O)C=CC1=O. The van der Waals surface area contributed by atoms with E-state index in [4.69, 9.17) is 18.9 Å². The van der Waals surface area contributed by atoms with Crippen LogP contribution in [-0.2, 0) is 49.5 Å². The summed E-state index contributed by atoms with van der Waals surface area (Å²) in [6.45, 7) is 6.32. The number of aliphatic hydroxyl groups excluding tert-OH is 3. The molecule has 3 aliphatic heterocycles. The maximum atomic E-state index is 13.5. The smallest absolute Gasteiger partial charge is 0.407 e. The predicted octanol–water partition coefficient (Wildman–Crippen LogP) is 1.45. The van der Waals surface area contributed by atoms with E-state index in [2.05, 4.69) is 21.3 Å². The summed E-state index contributed by atoms with van der Waals surface area (Å²) in [6, 6.07) is 16.1. The summed E-state index contributed by atoms with van der Waals surface area (Å²) in [5.41, 5.74) is 1.20. The van der Waals surface area contributed by atoms with Gasteiger partial charge in [0.2, 0.25) is 30.3 Å². The molecular formula is C52H64N7O15+. The summed E-state index contributed by atoms with van der Waals surface area (Å²) in [5, 5.41) is 42.0. The minimum atomic E-state index is -1.86. The number of unbranched alkanes of at least 4 members (excludes halogenated alkanes) is 1. The third-order valence-corrected chi connectivity index (χ3v) is 12.2. The second-order valence-corrected chi connectivity index (χ2v) is 18.9. The van der Waals surface area contributed by atoms with Gasteiger partial charge in [-0.3, -0.25) is 43.2 Å². The van der Waals surface area contributed by atoms with Crippen molar-refractivity contribution in [2.24, 2.45) is 5.92 Å². The maximum Gasteiger partial charge on any atom is 0.407 e. The Labute approximate surface area is 427 Å². The Kier molecular flexibility index (Phi) is 19.9. The number of carbonyl (C=O) groups excluding carboxylic acids is 8. The van der Waals surface area contributed by atoms with E-state index in [1.54, 1.807) is 57.4 Å². The molecule has 74 heavy (non-hydrogen) atoms. The first-order valence-electron chi connectivity index (χ1n) is 24.4. The largest absolute Gasteiger partial charge is 0.460 e. The number of hydrogen-bond donors (Lipinski definition) is 7. The number of carbonyl (C=O) groups is 8. The van der Waals surface area contributed by atoms with Crippen molar-refractivity contribution in [1.82, 2.24) is 25.8 Å². The molecule has 0 radical (unpaired) electrons. The topological polar surface area (TPSA) is 293 Å². The monoisotopic (exact) mass is 1030 g/mol. The number of aromatic nitrogens is 1. The molecule has 3 aromatic rings. The van der Waals surface area contributed by atoms with E-state index in [9.17, 15) is 53.7 Å². The second kappa shape index (κ2) is 26.4. The van der Waals surface area contributed by atoms with Crippen molar-refractivity contribution in [3.05, 3.63) is 108 Å². The van der Waals surface area contributed by atoms with Gasteiger partial charge in [0.15, 0.2) is 18.9 Å². The van der Waals surface area contributed by atoms with Gasteiger partial charge in [0.05, 0.1) is 12.2 Å². The van der Waals surface area contributed by atoms with Gasteiger partial charge in [-0.25, -0.2) is 9.36 Å². The molecule has 22 nitrogen and oxygen atoms in total. The maximum absolute atomic E-state index is 13.5. The van der Waals surface area contributed by atoms with Crippen LogP contribution in [0.5, 0.6) is 5.75 Å². The molecule has 2 aromatic carbocycles. The zero-order valence-corrected chi connectivity index (χ0v) is 41.4. The highest BCUT2D eigenvalue weighted by Gasteiger charge is 2.46. The van der Waals surface area contributed by atoms with Crippen molar-refractivity contribution in [2.75, 3.05) is 38.0 Å². The van der Waals surface area contributed by atoms with Crippen molar-refractivity contribution in [1.29, 1.82) is 0 Å². The van der Waals surface area contributed by atoms with Gasteiger partial charge in [-0.15, -0.1) is 0 Å². The van der Waals surface area contributed by atoms with Gasteiger partial charge < -0.3 is 55.7 Å². The molecule has 3 aliphatic rings. The summed E-state index contributed by atoms with van der Waals surface area (Å²) < 4.78 is 23.1. The van der Waals surface area contributed by atoms with E-state index < -0.39 is 78.8 Å². The standard InChI is InChI=1S/C52H63N7O15/c1-52(2,3)74-51(70)55-29-38(59-42(63)18-19-43(59)64)47(68)54-24-20-41(62)56-37-28-35(14-16-39(37)72-50-46(67)44(65)45(66)49(73-50)71-32-60)31-57-25-9-11-34(30-57)15-17-40(61)53-23-8-7-10-33-21-26-58(27-22-33)48(69)36-12-5-4-6-13-36/h4-6,9,11-19,25,28,30,32-33,38,44-46,49-50,65-67H,7-8,10,20-24,26-27,29,31H2,1-3H3,(H3-,53,54,55,56,61,62,68,70)/p+1/b17-15+/t38-,44-,45-,46+,49-,50+/m0/s1. The molecular weight excluding hydrogens is 963 g/mol. The summed E-state index contributed by atoms with van der Waals surface area (Å²) in [6.07, 6.45) is 3.22. The van der Waals surface area contributed by atoms with E-state index in [1.807, 2.05) is 45.9 Å². The molecule has 0 unspecified atom stereocenters. The fourth-order valence-corrected chi connectivity index (χ4v) is 8.37. The number of rotatable bonds is 22. The van der Waals surface area contributed by atoms with Crippen molar-refractivity contribution in [3.63, 3.8) is 0 Å². The van der Waals surface area contributed by atoms with E-state index in [0.29, 0.717) is 34.1 Å². The molecule has 22 heteroatoms. The summed E-state index contributed by atoms with van der Waals surface area (Å²) in [7, 11) is 0. The molecule has 0 spiro atoms. The summed E-state index contributed by atoms with van der Waals surface area (Å²) in [5.74, 6) is -2.80. The van der Waals surface area contributed by atoms with Crippen LogP contribution in [0.25, 0.3) is 6.08 Å². The van der Waals surface area contributed by atoms with E-state index in [1.165, 1.54) is 12.1 Å². The van der Waals surface area contributed by atoms with Gasteiger partial charge in [0.1, 0.15) is 35.7 Å². The van der Waals surface area contributed by atoms with Gasteiger partial charge in [-0.05, 0) is 88.4 Å². The Bertz CT molecular complexity index is 2530. The average molecular weight is 1030 g/mol. The zero-order valence-electron chi connectivity index (χ0n) is 41.4. The number of ether oxygens (including phenoxy) is 4. The number of likely N-dealkylation sites (tertiary alicyclic amines) is 1. The highest BCUT2D eigenvalue weighted by Crippen LogP contribution is 2.31. The number of anilines is 1. The number of benzene rings is 2. The Balaban J connectivity index is 1.04. The molecule has 6 rings (SSSR count). The van der Waals surface area contributed by atoms with Gasteiger partial charge in [0, 0.05) is 73.6 Å². The highest BCUT2D eigenvalue weighted by molar-refractivity contribution is 6.15. The number of pyridine rings is 1. The number of nitrogens with zero attached hydrogens (tertiary/aromatic N) is 3. The van der Waals surface area contributed by atoms with Crippen molar-refractivity contribution in [3.8, 4) is 5.75 Å². The van der Waals surface area contributed by atoms with Crippen molar-refractivity contribution < 1.29 is 77.2 Å². The number of alkyl carbamates (subject to hydrolysis) is 1. The number of imide groups is 1. The van der Waals surface area contributed by atoms with Crippen LogP contribution < -0.4 is 30.6 Å². The number of hydrogen-bond acceptors (Lipinski definition) is 15. The number of piperidine rings is 1. The normalized spacial score (nSPS) is 20.4. The lowest BCUT2D eigenvalue weighted by Crippen LogP contribution is -2.59. The van der Waals surface area contributed by atoms with Crippen LogP contribution in [0.15, 0.2) is 91.3 Å². The van der Waals surface area contributed by atoms with Crippen LogP contribution >= 0.6 is 0 Å². The van der Waals surface area contributed by atoms with Crippen LogP contribution in [-0.4, -0.2) is 148 Å². The molecule has 2 fully saturated rings. The molecule has 0 aliphatic carbocycles. The first kappa shape index (κ1) is 55.8. The fourth-order valence-electron chi connectivity index (χ4n) is 8.37. The lowest BCUT2D eigenvalue weighted by atomic mass is 9.91. The zero-order chi connectivity index (χ0) is 53.4. The van der Waals surface area contributed by atoms with Crippen LogP contribution in [0.1, 0.15) is 80.8 Å². The first-order valence-corrected chi connectivity index (χ1v) is 24.4. The lowest BCUT2D eigenvalue weighted by Gasteiger charge is -2.39. The van der Waals surface area contributed by atoms with E-state index in [-0.39, 0.29) is 49.2 Å². The summed E-state index contributed by atoms with van der Waals surface area (Å²) >= 11 is 0. The quantitative estimate of drug-likeness (QED) is 0.0247. The molecule has 4 heterocycles. The Morgan fingerprint density at radius 3 is 2.28 bits per heavy atom. The van der Waals surface area contributed by atoms with E-state index in [0.717, 1.165) is 57.3 Å². The van der Waals surface area contributed by atoms with Crippen LogP contribution in [0, 0.1) is 5.92 Å². The fraction of sp³-hybridized carbons (Fsp3) is 0.442. The first-order chi connectivity index (χ1) is 35.4. The van der Waals surface area contributed by atoms with Crippen LogP contribution in [0.4, 0.5) is 10.5 Å². The van der Waals surface area contributed by atoms with Crippen LogP contribution in [0.2, 0.25) is 0 Å². The van der Waals surface area contributed by atoms with Gasteiger partial charge in [-0.1, -0.05) is 31.0 Å². The molecule has 7 N–H and O–H groups in total. The van der Waals surface area contributed by atoms with Crippen molar-refractivity contribution in [2.45, 2.75) is 108 Å². The molecule has 6 atom stereocenters. The third-order valence-electron chi connectivity index (χ3n) is 12.2. The molecule has 7 amide bonds. The average Bonchev–Trinajstić information content (AvgIpc) is 3.70. The highest BCUT2D eigenvalue weighted by atomic mass is 16.8. The lowest BCUT2D eigenvalue weighted by molar-refractivity contribution is -0.688. The van der Waals surface area contributed by atoms with Crippen molar-refractivity contribution >= 4 is 59.8 Å². The molecule has 396 valence electrons. The Hall–Kier alpha value is -7.53. The minimum absolute atomic E-state index is 0.0168. The Morgan fingerprint density at radius 1 is 0.865 bits per heavy atom. The molecule has 2 saturated heterocycles. The van der Waals surface area contributed by atoms with Crippen LogP contribution in [0.3, 0.4) is 0 Å². The third kappa shape index (κ3) is 16.2. The predicted molar refractivity (Wildman–Crippen MR) is 263 cm³/mol. The van der Waals surface area contributed by atoms with Gasteiger partial charge in [0.25, 0.3) is 24.2 Å². The van der Waals surface area contributed by atoms with Gasteiger partial charge in [-0.2, -0.15) is 0 Å². The van der Waals surface area contributed by atoms with E-state index >= 15 is 0 Å². The number of amides is 7. The molecule has 0 bridgehead atoms. The molecule has 0 saturated carbocycles. The minimum Gasteiger partial charge on any atom is -0.460 e.